The quantitative estimate of drug-likeness (QED) is 0.642. The lowest BCUT2D eigenvalue weighted by Crippen LogP contribution is -2.37. The molecule has 3 aromatic carbocycles. The van der Waals surface area contributed by atoms with Crippen LogP contribution in [0, 0.1) is 0 Å². The number of nitrogens with one attached hydrogen (secondary N) is 2. The average Bonchev–Trinajstić information content (AvgIpc) is 2.74. The Labute approximate surface area is 160 Å². The molecule has 0 heterocycles. The Morgan fingerprint density at radius 3 is 2.04 bits per heavy atom. The van der Waals surface area contributed by atoms with E-state index < -0.39 is 6.04 Å². The summed E-state index contributed by atoms with van der Waals surface area (Å²) in [5.41, 5.74) is 3.11. The zero-order chi connectivity index (χ0) is 18.9. The Morgan fingerprint density at radius 1 is 0.815 bits per heavy atom. The number of carbonyl (C=O) groups is 1. The lowest BCUT2D eigenvalue weighted by molar-refractivity contribution is -0.123. The van der Waals surface area contributed by atoms with E-state index in [9.17, 15) is 4.79 Å². The maximum atomic E-state index is 12.8. The highest BCUT2D eigenvalue weighted by atomic mass is 16.5. The van der Waals surface area contributed by atoms with Crippen LogP contribution in [0.25, 0.3) is 0 Å². The van der Waals surface area contributed by atoms with Gasteiger partial charge in [0.05, 0.1) is 7.11 Å². The fraction of sp³-hybridized carbons (Fsp3) is 0.174. The molecular weight excluding hydrogens is 336 g/mol. The zero-order valence-corrected chi connectivity index (χ0v) is 15.4. The van der Waals surface area contributed by atoms with Crippen LogP contribution in [-0.2, 0) is 17.9 Å². The van der Waals surface area contributed by atoms with E-state index in [4.69, 9.17) is 4.74 Å². The van der Waals surface area contributed by atoms with Gasteiger partial charge in [0.2, 0.25) is 5.91 Å². The molecule has 0 radical (unpaired) electrons. The molecule has 0 bridgehead atoms. The molecule has 0 aliphatic rings. The van der Waals surface area contributed by atoms with Gasteiger partial charge in [0.25, 0.3) is 0 Å². The van der Waals surface area contributed by atoms with Gasteiger partial charge in [0, 0.05) is 13.1 Å². The Kier molecular flexibility index (Phi) is 6.61. The van der Waals surface area contributed by atoms with E-state index in [1.54, 1.807) is 7.11 Å². The van der Waals surface area contributed by atoms with Crippen LogP contribution in [0.3, 0.4) is 0 Å². The summed E-state index contributed by atoms with van der Waals surface area (Å²) in [6, 6.07) is 27.1. The normalized spacial score (nSPS) is 11.6. The number of carbonyl (C=O) groups excluding carboxylic acids is 1. The summed E-state index contributed by atoms with van der Waals surface area (Å²) >= 11 is 0. The predicted octanol–water partition coefficient (Wildman–Crippen LogP) is 3.84. The van der Waals surface area contributed by atoms with Crippen LogP contribution >= 0.6 is 0 Å². The molecule has 0 saturated heterocycles. The van der Waals surface area contributed by atoms with E-state index in [-0.39, 0.29) is 5.91 Å². The molecule has 27 heavy (non-hydrogen) atoms. The maximum absolute atomic E-state index is 12.8. The smallest absolute Gasteiger partial charge is 0.242 e. The fourth-order valence-corrected chi connectivity index (χ4v) is 2.86. The third-order valence-corrected chi connectivity index (χ3v) is 4.37. The van der Waals surface area contributed by atoms with Gasteiger partial charge in [-0.2, -0.15) is 0 Å². The molecule has 0 spiro atoms. The van der Waals surface area contributed by atoms with Gasteiger partial charge in [-0.25, -0.2) is 0 Å². The standard InChI is InChI=1S/C23H24N2O2/c1-27-21-14-12-19(13-15-21)16-24-22(20-10-6-3-7-11-20)23(26)25-17-18-8-4-2-5-9-18/h2-15,22,24H,16-17H2,1H3,(H,25,26). The molecule has 1 amide bonds. The Balaban J connectivity index is 1.67. The molecule has 0 fully saturated rings. The summed E-state index contributed by atoms with van der Waals surface area (Å²) < 4.78 is 5.19. The number of benzene rings is 3. The maximum Gasteiger partial charge on any atom is 0.242 e. The highest BCUT2D eigenvalue weighted by Gasteiger charge is 2.19. The third-order valence-electron chi connectivity index (χ3n) is 4.37. The average molecular weight is 360 g/mol. The molecule has 4 heteroatoms. The molecule has 1 atom stereocenters. The summed E-state index contributed by atoms with van der Waals surface area (Å²) in [5.74, 6) is 0.775. The summed E-state index contributed by atoms with van der Waals surface area (Å²) in [7, 11) is 1.65. The van der Waals surface area contributed by atoms with Gasteiger partial charge in [-0.05, 0) is 28.8 Å². The lowest BCUT2D eigenvalue weighted by atomic mass is 10.1. The first-order valence-electron chi connectivity index (χ1n) is 8.99. The van der Waals surface area contributed by atoms with Crippen molar-refractivity contribution in [3.05, 3.63) is 102 Å². The minimum atomic E-state index is -0.419. The monoisotopic (exact) mass is 360 g/mol. The van der Waals surface area contributed by atoms with Gasteiger partial charge >= 0.3 is 0 Å². The topological polar surface area (TPSA) is 50.4 Å². The van der Waals surface area contributed by atoms with E-state index >= 15 is 0 Å². The molecule has 4 nitrogen and oxygen atoms in total. The number of amides is 1. The van der Waals surface area contributed by atoms with Crippen molar-refractivity contribution < 1.29 is 9.53 Å². The van der Waals surface area contributed by atoms with Crippen molar-refractivity contribution in [3.63, 3.8) is 0 Å². The van der Waals surface area contributed by atoms with Gasteiger partial charge in [0.15, 0.2) is 0 Å². The van der Waals surface area contributed by atoms with Gasteiger partial charge in [-0.1, -0.05) is 72.8 Å². The van der Waals surface area contributed by atoms with E-state index in [2.05, 4.69) is 10.6 Å². The highest BCUT2D eigenvalue weighted by molar-refractivity contribution is 5.83. The molecule has 3 aromatic rings. The van der Waals surface area contributed by atoms with Crippen molar-refractivity contribution in [1.82, 2.24) is 10.6 Å². The number of ether oxygens (including phenoxy) is 1. The van der Waals surface area contributed by atoms with Crippen LogP contribution in [0.4, 0.5) is 0 Å². The number of methoxy groups -OCH3 is 1. The summed E-state index contributed by atoms with van der Waals surface area (Å²) in [6.07, 6.45) is 0. The third kappa shape index (κ3) is 5.43. The minimum Gasteiger partial charge on any atom is -0.497 e. The second-order valence-corrected chi connectivity index (χ2v) is 6.28. The number of hydrogen-bond donors (Lipinski definition) is 2. The van der Waals surface area contributed by atoms with Gasteiger partial charge in [0.1, 0.15) is 11.8 Å². The van der Waals surface area contributed by atoms with Crippen molar-refractivity contribution in [2.75, 3.05) is 7.11 Å². The molecule has 2 N–H and O–H groups in total. The lowest BCUT2D eigenvalue weighted by Gasteiger charge is -2.19. The second-order valence-electron chi connectivity index (χ2n) is 6.28. The van der Waals surface area contributed by atoms with Crippen molar-refractivity contribution >= 4 is 5.91 Å². The molecule has 1 unspecified atom stereocenters. The fourth-order valence-electron chi connectivity index (χ4n) is 2.86. The Morgan fingerprint density at radius 2 is 1.41 bits per heavy atom. The first-order valence-corrected chi connectivity index (χ1v) is 8.99. The van der Waals surface area contributed by atoms with E-state index in [1.807, 2.05) is 84.9 Å². The van der Waals surface area contributed by atoms with Crippen molar-refractivity contribution in [2.45, 2.75) is 19.1 Å². The molecule has 0 aliphatic heterocycles. The Bertz CT molecular complexity index is 833. The molecule has 0 aromatic heterocycles. The SMILES string of the molecule is COc1ccc(CNC(C(=O)NCc2ccccc2)c2ccccc2)cc1. The highest BCUT2D eigenvalue weighted by Crippen LogP contribution is 2.16. The second kappa shape index (κ2) is 9.55. The predicted molar refractivity (Wildman–Crippen MR) is 107 cm³/mol. The first kappa shape index (κ1) is 18.7. The summed E-state index contributed by atoms with van der Waals surface area (Å²) in [5, 5.41) is 6.40. The molecular formula is C23H24N2O2. The van der Waals surface area contributed by atoms with E-state index in [0.29, 0.717) is 13.1 Å². The van der Waals surface area contributed by atoms with Crippen LogP contribution < -0.4 is 15.4 Å². The Hall–Kier alpha value is -3.11. The van der Waals surface area contributed by atoms with Crippen LogP contribution in [0.15, 0.2) is 84.9 Å². The van der Waals surface area contributed by atoms with E-state index in [0.717, 1.165) is 22.4 Å². The minimum absolute atomic E-state index is 0.0430. The largest absolute Gasteiger partial charge is 0.497 e. The molecule has 3 rings (SSSR count). The van der Waals surface area contributed by atoms with E-state index in [1.165, 1.54) is 0 Å². The molecule has 0 saturated carbocycles. The van der Waals surface area contributed by atoms with Crippen LogP contribution in [0.5, 0.6) is 5.75 Å². The number of hydrogen-bond acceptors (Lipinski definition) is 3. The zero-order valence-electron chi connectivity index (χ0n) is 15.4. The molecule has 0 aliphatic carbocycles. The summed E-state index contributed by atoms with van der Waals surface area (Å²) in [4.78, 5) is 12.8. The first-order chi connectivity index (χ1) is 13.3. The van der Waals surface area contributed by atoms with Gasteiger partial charge in [-0.15, -0.1) is 0 Å². The van der Waals surface area contributed by atoms with Crippen molar-refractivity contribution in [2.24, 2.45) is 0 Å². The van der Waals surface area contributed by atoms with Gasteiger partial charge < -0.3 is 10.1 Å². The van der Waals surface area contributed by atoms with Crippen molar-refractivity contribution in [1.29, 1.82) is 0 Å². The van der Waals surface area contributed by atoms with Crippen LogP contribution in [0.2, 0.25) is 0 Å². The number of rotatable bonds is 8. The van der Waals surface area contributed by atoms with Crippen LogP contribution in [-0.4, -0.2) is 13.0 Å². The van der Waals surface area contributed by atoms with Crippen LogP contribution in [0.1, 0.15) is 22.7 Å². The summed E-state index contributed by atoms with van der Waals surface area (Å²) in [6.45, 7) is 1.09. The van der Waals surface area contributed by atoms with Crippen molar-refractivity contribution in [3.8, 4) is 5.75 Å². The van der Waals surface area contributed by atoms with Gasteiger partial charge in [-0.3, -0.25) is 10.1 Å². The molecule has 138 valence electrons.